The number of carbonyl (C=O) groups is 2. The van der Waals surface area contributed by atoms with E-state index >= 15 is 0 Å². The molecule has 0 saturated carbocycles. The molecule has 3 heterocycles. The van der Waals surface area contributed by atoms with Gasteiger partial charge in [0.05, 0.1) is 0 Å². The molecule has 1 N–H and O–H groups in total. The number of hydrogen-bond donors (Lipinski definition) is 1. The highest BCUT2D eigenvalue weighted by atomic mass is 16.5. The van der Waals surface area contributed by atoms with Gasteiger partial charge in [0, 0.05) is 37.2 Å². The van der Waals surface area contributed by atoms with Crippen LogP contribution in [0.1, 0.15) is 45.1 Å². The number of carboxylic acid groups (broad SMARTS) is 1. The van der Waals surface area contributed by atoms with Crippen LogP contribution in [0.25, 0.3) is 11.0 Å². The van der Waals surface area contributed by atoms with Gasteiger partial charge >= 0.3 is 5.63 Å². The van der Waals surface area contributed by atoms with E-state index in [4.69, 9.17) is 19.1 Å². The van der Waals surface area contributed by atoms with Crippen LogP contribution in [-0.2, 0) is 16.0 Å². The number of fused-ring (bicyclic) bond motifs is 1. The van der Waals surface area contributed by atoms with Gasteiger partial charge in [-0.3, -0.25) is 9.59 Å². The Balaban J connectivity index is 0.000000968. The maximum Gasteiger partial charge on any atom is 0.336 e. The maximum atomic E-state index is 13.0. The molecule has 2 saturated heterocycles. The number of rotatable bonds is 4. The van der Waals surface area contributed by atoms with Crippen molar-refractivity contribution >= 4 is 23.3 Å². The van der Waals surface area contributed by atoms with Crippen LogP contribution in [0.3, 0.4) is 0 Å². The van der Waals surface area contributed by atoms with Crippen molar-refractivity contribution in [2.75, 3.05) is 33.2 Å². The average molecular weight is 459 g/mol. The van der Waals surface area contributed by atoms with E-state index in [2.05, 4.69) is 11.9 Å². The standard InChI is InChI=1S/C24H32N2O4.CH2O2/c1-4-18-14-22(27)30-21-15-19(6-7-20(18)21)29-17(2)23(28)26-12-9-24(10-13-26)8-5-11-25(3)16-24;2-1-3/h6-7,14-15,17H,4-5,8-13,16H2,1-3H3;1H,(H,2,3). The zero-order valence-corrected chi connectivity index (χ0v) is 19.7. The molecule has 33 heavy (non-hydrogen) atoms. The molecule has 2 aliphatic heterocycles. The van der Waals surface area contributed by atoms with E-state index in [1.165, 1.54) is 25.5 Å². The third-order valence-corrected chi connectivity index (χ3v) is 6.83. The third-order valence-electron chi connectivity index (χ3n) is 6.83. The number of amides is 1. The fourth-order valence-electron chi connectivity index (χ4n) is 5.15. The molecular weight excluding hydrogens is 424 g/mol. The highest BCUT2D eigenvalue weighted by Gasteiger charge is 2.39. The zero-order chi connectivity index (χ0) is 24.0. The second-order valence-electron chi connectivity index (χ2n) is 9.13. The van der Waals surface area contributed by atoms with Crippen molar-refractivity contribution in [3.05, 3.63) is 40.2 Å². The SMILES string of the molecule is CCc1cc(=O)oc2cc(OC(C)C(=O)N3CCC4(CCCN(C)C4)CC3)ccc12.O=CO. The summed E-state index contributed by atoms with van der Waals surface area (Å²) in [6.45, 7) is 7.47. The first-order chi connectivity index (χ1) is 15.8. The predicted molar refractivity (Wildman–Crippen MR) is 126 cm³/mol. The van der Waals surface area contributed by atoms with Crippen LogP contribution in [0, 0.1) is 5.41 Å². The van der Waals surface area contributed by atoms with Gasteiger partial charge in [0.15, 0.2) is 6.10 Å². The molecule has 1 aromatic heterocycles. The smallest absolute Gasteiger partial charge is 0.336 e. The van der Waals surface area contributed by atoms with E-state index in [0.717, 1.165) is 49.8 Å². The van der Waals surface area contributed by atoms with Crippen molar-refractivity contribution in [2.24, 2.45) is 5.41 Å². The molecule has 1 unspecified atom stereocenters. The van der Waals surface area contributed by atoms with Crippen LogP contribution in [0.4, 0.5) is 0 Å². The van der Waals surface area contributed by atoms with Gasteiger partial charge < -0.3 is 24.1 Å². The number of ether oxygens (including phenoxy) is 1. The molecule has 2 aromatic rings. The highest BCUT2D eigenvalue weighted by Crippen LogP contribution is 2.39. The van der Waals surface area contributed by atoms with Gasteiger partial charge in [-0.2, -0.15) is 0 Å². The molecule has 2 aliphatic rings. The molecule has 8 nitrogen and oxygen atoms in total. The highest BCUT2D eigenvalue weighted by molar-refractivity contribution is 5.83. The van der Waals surface area contributed by atoms with E-state index in [0.29, 0.717) is 16.7 Å². The van der Waals surface area contributed by atoms with Crippen LogP contribution < -0.4 is 10.4 Å². The summed E-state index contributed by atoms with van der Waals surface area (Å²) in [5.41, 5.74) is 1.46. The lowest BCUT2D eigenvalue weighted by Gasteiger charge is -2.47. The molecule has 0 aliphatic carbocycles. The monoisotopic (exact) mass is 458 g/mol. The second-order valence-corrected chi connectivity index (χ2v) is 9.13. The maximum absolute atomic E-state index is 13.0. The Labute approximate surface area is 194 Å². The summed E-state index contributed by atoms with van der Waals surface area (Å²) in [7, 11) is 2.20. The molecule has 8 heteroatoms. The fraction of sp³-hybridized carbons (Fsp3) is 0.560. The Kier molecular flexibility index (Phi) is 8.13. The van der Waals surface area contributed by atoms with Gasteiger partial charge in [-0.05, 0) is 75.7 Å². The molecule has 1 amide bonds. The van der Waals surface area contributed by atoms with Crippen molar-refractivity contribution in [1.82, 2.24) is 9.80 Å². The minimum Gasteiger partial charge on any atom is -0.483 e. The summed E-state index contributed by atoms with van der Waals surface area (Å²) in [6, 6.07) is 6.98. The Morgan fingerprint density at radius 2 is 1.94 bits per heavy atom. The summed E-state index contributed by atoms with van der Waals surface area (Å²) < 4.78 is 11.3. The van der Waals surface area contributed by atoms with Crippen molar-refractivity contribution < 1.29 is 23.8 Å². The molecular formula is C25H34N2O6. The Morgan fingerprint density at radius 1 is 1.24 bits per heavy atom. The number of aryl methyl sites for hydroxylation is 1. The predicted octanol–water partition coefficient (Wildman–Crippen LogP) is 3.16. The van der Waals surface area contributed by atoms with Gasteiger partial charge in [0.2, 0.25) is 0 Å². The van der Waals surface area contributed by atoms with Crippen molar-refractivity contribution in [2.45, 2.75) is 52.1 Å². The van der Waals surface area contributed by atoms with Crippen LogP contribution in [0.5, 0.6) is 5.75 Å². The van der Waals surface area contributed by atoms with Crippen molar-refractivity contribution in [1.29, 1.82) is 0 Å². The first-order valence-electron chi connectivity index (χ1n) is 11.6. The summed E-state index contributed by atoms with van der Waals surface area (Å²) in [5.74, 6) is 0.569. The lowest BCUT2D eigenvalue weighted by molar-refractivity contribution is -0.141. The molecule has 1 atom stereocenters. The first-order valence-corrected chi connectivity index (χ1v) is 11.6. The van der Waals surface area contributed by atoms with Crippen LogP contribution in [0.15, 0.2) is 33.5 Å². The zero-order valence-electron chi connectivity index (χ0n) is 19.7. The molecule has 180 valence electrons. The quantitative estimate of drug-likeness (QED) is 0.555. The third kappa shape index (κ3) is 5.93. The molecule has 2 fully saturated rings. The van der Waals surface area contributed by atoms with E-state index in [1.54, 1.807) is 13.0 Å². The lowest BCUT2D eigenvalue weighted by Crippen LogP contribution is -2.51. The van der Waals surface area contributed by atoms with Gasteiger partial charge in [0.25, 0.3) is 12.4 Å². The molecule has 0 bridgehead atoms. The first kappa shape index (κ1) is 24.8. The van der Waals surface area contributed by atoms with Crippen LogP contribution in [-0.4, -0.2) is 66.6 Å². The normalized spacial score (nSPS) is 18.9. The largest absolute Gasteiger partial charge is 0.483 e. The van der Waals surface area contributed by atoms with Gasteiger partial charge in [-0.25, -0.2) is 4.79 Å². The lowest BCUT2D eigenvalue weighted by atomic mass is 9.72. The molecule has 1 spiro atoms. The number of nitrogens with zero attached hydrogens (tertiary/aromatic N) is 2. The van der Waals surface area contributed by atoms with Crippen LogP contribution >= 0.6 is 0 Å². The molecule has 0 radical (unpaired) electrons. The Bertz CT molecular complexity index is 1030. The fourth-order valence-corrected chi connectivity index (χ4v) is 5.15. The van der Waals surface area contributed by atoms with E-state index in [-0.39, 0.29) is 18.0 Å². The van der Waals surface area contributed by atoms with Crippen molar-refractivity contribution in [3.8, 4) is 5.75 Å². The summed E-state index contributed by atoms with van der Waals surface area (Å²) in [6.07, 6.45) is 4.83. The van der Waals surface area contributed by atoms with E-state index in [1.807, 2.05) is 24.0 Å². The number of likely N-dealkylation sites (tertiary alicyclic amines) is 2. The molecule has 4 rings (SSSR count). The van der Waals surface area contributed by atoms with Gasteiger partial charge in [-0.1, -0.05) is 6.92 Å². The average Bonchev–Trinajstić information content (AvgIpc) is 2.78. The minimum atomic E-state index is -0.577. The minimum absolute atomic E-state index is 0.0258. The summed E-state index contributed by atoms with van der Waals surface area (Å²) in [5, 5.41) is 7.79. The number of piperidine rings is 2. The number of hydrogen-bond acceptors (Lipinski definition) is 6. The van der Waals surface area contributed by atoms with Gasteiger partial charge in [-0.15, -0.1) is 0 Å². The van der Waals surface area contributed by atoms with Crippen LogP contribution in [0.2, 0.25) is 0 Å². The topological polar surface area (TPSA) is 100 Å². The Morgan fingerprint density at radius 3 is 2.58 bits per heavy atom. The summed E-state index contributed by atoms with van der Waals surface area (Å²) >= 11 is 0. The number of benzene rings is 1. The number of carbonyl (C=O) groups excluding carboxylic acids is 1. The van der Waals surface area contributed by atoms with E-state index in [9.17, 15) is 9.59 Å². The van der Waals surface area contributed by atoms with Crippen molar-refractivity contribution in [3.63, 3.8) is 0 Å². The molecule has 1 aromatic carbocycles. The van der Waals surface area contributed by atoms with Gasteiger partial charge in [0.1, 0.15) is 11.3 Å². The summed E-state index contributed by atoms with van der Waals surface area (Å²) in [4.78, 5) is 37.5. The Hall–Kier alpha value is -2.87. The second kappa shape index (κ2) is 10.8. The van der Waals surface area contributed by atoms with E-state index < -0.39 is 6.10 Å².